The number of carbonyl (C=O) groups excluding carboxylic acids is 2. The number of rotatable bonds is 5. The molecular weight excluding hydrogens is 270 g/mol. The average molecular weight is 291 g/mol. The number of hydrogen-bond acceptors (Lipinski definition) is 4. The highest BCUT2D eigenvalue weighted by molar-refractivity contribution is 5.82. The highest BCUT2D eigenvalue weighted by Crippen LogP contribution is 2.11. The van der Waals surface area contributed by atoms with Gasteiger partial charge in [-0.3, -0.25) is 14.5 Å². The first-order chi connectivity index (χ1) is 10.1. The summed E-state index contributed by atoms with van der Waals surface area (Å²) in [7, 11) is 1.84. The van der Waals surface area contributed by atoms with E-state index >= 15 is 0 Å². The number of amides is 2. The zero-order chi connectivity index (χ0) is 15.2. The molecule has 6 heteroatoms. The molecule has 1 atom stereocenters. The number of nitrogens with zero attached hydrogens (tertiary/aromatic N) is 2. The summed E-state index contributed by atoms with van der Waals surface area (Å²) in [5.41, 5.74) is 5.35. The van der Waals surface area contributed by atoms with Gasteiger partial charge in [0.05, 0.1) is 13.0 Å². The SMILES string of the molecule is CN1CCN(C(=O)CCOc2ccccc2)CC1C(N)=O. The largest absolute Gasteiger partial charge is 0.493 e. The lowest BCUT2D eigenvalue weighted by Crippen LogP contribution is -2.58. The lowest BCUT2D eigenvalue weighted by molar-refractivity contribution is -0.136. The van der Waals surface area contributed by atoms with E-state index < -0.39 is 11.9 Å². The predicted molar refractivity (Wildman–Crippen MR) is 78.7 cm³/mol. The van der Waals surface area contributed by atoms with E-state index in [0.717, 1.165) is 5.75 Å². The number of likely N-dealkylation sites (N-methyl/N-ethyl adjacent to an activating group) is 1. The first kappa shape index (κ1) is 15.3. The van der Waals surface area contributed by atoms with E-state index in [1.54, 1.807) is 4.90 Å². The van der Waals surface area contributed by atoms with Crippen molar-refractivity contribution in [3.8, 4) is 5.75 Å². The first-order valence-electron chi connectivity index (χ1n) is 7.03. The van der Waals surface area contributed by atoms with Crippen molar-refractivity contribution >= 4 is 11.8 Å². The second kappa shape index (κ2) is 7.08. The maximum absolute atomic E-state index is 12.1. The quantitative estimate of drug-likeness (QED) is 0.834. The van der Waals surface area contributed by atoms with Gasteiger partial charge < -0.3 is 15.4 Å². The van der Waals surface area contributed by atoms with Crippen molar-refractivity contribution in [2.24, 2.45) is 5.73 Å². The molecule has 0 saturated carbocycles. The van der Waals surface area contributed by atoms with Crippen LogP contribution in [0.25, 0.3) is 0 Å². The number of para-hydroxylation sites is 1. The highest BCUT2D eigenvalue weighted by Gasteiger charge is 2.30. The minimum atomic E-state index is -0.405. The normalized spacial score (nSPS) is 19.3. The van der Waals surface area contributed by atoms with Gasteiger partial charge in [0, 0.05) is 19.6 Å². The third kappa shape index (κ3) is 4.19. The van der Waals surface area contributed by atoms with E-state index in [2.05, 4.69) is 0 Å². The van der Waals surface area contributed by atoms with Gasteiger partial charge in [-0.05, 0) is 19.2 Å². The predicted octanol–water partition coefficient (Wildman–Crippen LogP) is 0.0834. The van der Waals surface area contributed by atoms with E-state index in [1.807, 2.05) is 42.3 Å². The minimum Gasteiger partial charge on any atom is -0.493 e. The summed E-state index contributed by atoms with van der Waals surface area (Å²) in [5.74, 6) is 0.347. The van der Waals surface area contributed by atoms with Crippen molar-refractivity contribution in [1.82, 2.24) is 9.80 Å². The van der Waals surface area contributed by atoms with Gasteiger partial charge in [0.1, 0.15) is 11.8 Å². The maximum atomic E-state index is 12.1. The van der Waals surface area contributed by atoms with Crippen LogP contribution >= 0.6 is 0 Å². The molecule has 1 aliphatic heterocycles. The molecule has 21 heavy (non-hydrogen) atoms. The van der Waals surface area contributed by atoms with E-state index in [4.69, 9.17) is 10.5 Å². The monoisotopic (exact) mass is 291 g/mol. The number of piperazine rings is 1. The first-order valence-corrected chi connectivity index (χ1v) is 7.03. The van der Waals surface area contributed by atoms with Crippen LogP contribution in [0.4, 0.5) is 0 Å². The molecule has 1 saturated heterocycles. The molecule has 2 N–H and O–H groups in total. The van der Waals surface area contributed by atoms with Gasteiger partial charge in [0.2, 0.25) is 11.8 Å². The van der Waals surface area contributed by atoms with Crippen LogP contribution in [0.3, 0.4) is 0 Å². The Labute approximate surface area is 124 Å². The Kier molecular flexibility index (Phi) is 5.16. The van der Waals surface area contributed by atoms with Crippen LogP contribution in [0.15, 0.2) is 30.3 Å². The molecule has 1 fully saturated rings. The van der Waals surface area contributed by atoms with Gasteiger partial charge in [-0.2, -0.15) is 0 Å². The topological polar surface area (TPSA) is 75.9 Å². The number of carbonyl (C=O) groups is 2. The maximum Gasteiger partial charge on any atom is 0.236 e. The fourth-order valence-corrected chi connectivity index (χ4v) is 2.34. The van der Waals surface area contributed by atoms with Crippen molar-refractivity contribution in [2.45, 2.75) is 12.5 Å². The number of nitrogens with two attached hydrogens (primary N) is 1. The summed E-state index contributed by atoms with van der Waals surface area (Å²) in [5, 5.41) is 0. The summed E-state index contributed by atoms with van der Waals surface area (Å²) in [6.07, 6.45) is 0.296. The van der Waals surface area contributed by atoms with Crippen LogP contribution in [0.2, 0.25) is 0 Å². The zero-order valence-electron chi connectivity index (χ0n) is 12.2. The van der Waals surface area contributed by atoms with Gasteiger partial charge in [-0.15, -0.1) is 0 Å². The lowest BCUT2D eigenvalue weighted by Gasteiger charge is -2.37. The fraction of sp³-hybridized carbons (Fsp3) is 0.467. The van der Waals surface area contributed by atoms with Gasteiger partial charge >= 0.3 is 0 Å². The average Bonchev–Trinajstić information content (AvgIpc) is 2.48. The molecule has 0 radical (unpaired) electrons. The molecule has 0 bridgehead atoms. The van der Waals surface area contributed by atoms with E-state index in [1.165, 1.54) is 0 Å². The summed E-state index contributed by atoms with van der Waals surface area (Å²) in [6, 6.07) is 8.97. The van der Waals surface area contributed by atoms with E-state index in [0.29, 0.717) is 32.7 Å². The molecule has 0 aliphatic carbocycles. The highest BCUT2D eigenvalue weighted by atomic mass is 16.5. The van der Waals surface area contributed by atoms with Crippen LogP contribution in [0, 0.1) is 0 Å². The van der Waals surface area contributed by atoms with E-state index in [9.17, 15) is 9.59 Å². The molecule has 1 unspecified atom stereocenters. The van der Waals surface area contributed by atoms with Crippen molar-refractivity contribution in [1.29, 1.82) is 0 Å². The molecule has 6 nitrogen and oxygen atoms in total. The molecule has 2 amide bonds. The van der Waals surface area contributed by atoms with Crippen LogP contribution in [0.5, 0.6) is 5.75 Å². The van der Waals surface area contributed by atoms with Gasteiger partial charge in [-0.1, -0.05) is 18.2 Å². The second-order valence-electron chi connectivity index (χ2n) is 5.15. The summed E-state index contributed by atoms with van der Waals surface area (Å²) in [6.45, 7) is 1.95. The summed E-state index contributed by atoms with van der Waals surface area (Å²) in [4.78, 5) is 27.1. The summed E-state index contributed by atoms with van der Waals surface area (Å²) < 4.78 is 5.51. The van der Waals surface area contributed by atoms with Gasteiger partial charge in [0.25, 0.3) is 0 Å². The molecular formula is C15H21N3O3. The lowest BCUT2D eigenvalue weighted by atomic mass is 10.1. The Morgan fingerprint density at radius 1 is 1.29 bits per heavy atom. The Morgan fingerprint density at radius 2 is 2.00 bits per heavy atom. The molecule has 0 aromatic heterocycles. The molecule has 1 aromatic rings. The molecule has 1 aromatic carbocycles. The number of ether oxygens (including phenoxy) is 1. The van der Waals surface area contributed by atoms with Crippen molar-refractivity contribution < 1.29 is 14.3 Å². The third-order valence-electron chi connectivity index (χ3n) is 3.66. The van der Waals surface area contributed by atoms with E-state index in [-0.39, 0.29) is 5.91 Å². The van der Waals surface area contributed by atoms with Crippen LogP contribution in [-0.4, -0.2) is 60.9 Å². The Bertz CT molecular complexity index is 492. The van der Waals surface area contributed by atoms with Crippen molar-refractivity contribution in [2.75, 3.05) is 33.3 Å². The smallest absolute Gasteiger partial charge is 0.236 e. The molecule has 114 valence electrons. The number of benzene rings is 1. The number of hydrogen-bond donors (Lipinski definition) is 1. The molecule has 2 rings (SSSR count). The fourth-order valence-electron chi connectivity index (χ4n) is 2.34. The Balaban J connectivity index is 1.79. The second-order valence-corrected chi connectivity index (χ2v) is 5.15. The number of primary amides is 1. The Morgan fingerprint density at radius 3 is 2.67 bits per heavy atom. The minimum absolute atomic E-state index is 0.00900. The molecule has 1 aliphatic rings. The van der Waals surface area contributed by atoms with Gasteiger partial charge in [0.15, 0.2) is 0 Å². The van der Waals surface area contributed by atoms with Gasteiger partial charge in [-0.25, -0.2) is 0 Å². The standard InChI is InChI=1S/C15H21N3O3/c1-17-8-9-18(11-13(17)15(16)20)14(19)7-10-21-12-5-3-2-4-6-12/h2-6,13H,7-11H2,1H3,(H2,16,20). The zero-order valence-corrected chi connectivity index (χ0v) is 12.2. The van der Waals surface area contributed by atoms with Crippen molar-refractivity contribution in [3.05, 3.63) is 30.3 Å². The summed E-state index contributed by atoms with van der Waals surface area (Å²) >= 11 is 0. The van der Waals surface area contributed by atoms with Crippen molar-refractivity contribution in [3.63, 3.8) is 0 Å². The van der Waals surface area contributed by atoms with Crippen LogP contribution < -0.4 is 10.5 Å². The molecule has 0 spiro atoms. The van der Waals surface area contributed by atoms with Crippen LogP contribution in [0.1, 0.15) is 6.42 Å². The Hall–Kier alpha value is -2.08. The van der Waals surface area contributed by atoms with Crippen LogP contribution in [-0.2, 0) is 9.59 Å². The molecule has 1 heterocycles. The third-order valence-corrected chi connectivity index (χ3v) is 3.66.